The van der Waals surface area contributed by atoms with Gasteiger partial charge in [-0.2, -0.15) is 19.6 Å². The zero-order chi connectivity index (χ0) is 31.7. The molecule has 1 saturated heterocycles. The molecule has 1 aliphatic heterocycles. The first kappa shape index (κ1) is 30.3. The van der Waals surface area contributed by atoms with E-state index in [0.717, 1.165) is 63.8 Å². The molecule has 9 nitrogen and oxygen atoms in total. The lowest BCUT2D eigenvalue weighted by atomic mass is 9.91. The molecule has 45 heavy (non-hydrogen) atoms. The van der Waals surface area contributed by atoms with Crippen molar-refractivity contribution < 1.29 is 9.18 Å². The van der Waals surface area contributed by atoms with E-state index in [4.69, 9.17) is 15.0 Å². The minimum absolute atomic E-state index is 0.0329. The van der Waals surface area contributed by atoms with Crippen LogP contribution in [0, 0.1) is 0 Å². The lowest BCUT2D eigenvalue weighted by Gasteiger charge is -2.36. The van der Waals surface area contributed by atoms with Crippen molar-refractivity contribution in [2.24, 2.45) is 0 Å². The van der Waals surface area contributed by atoms with Crippen molar-refractivity contribution in [2.45, 2.75) is 71.0 Å². The van der Waals surface area contributed by atoms with Gasteiger partial charge in [0.15, 0.2) is 17.3 Å². The number of carbonyl (C=O) groups excluding carboxylic acids is 1. The summed E-state index contributed by atoms with van der Waals surface area (Å²) in [6, 6.07) is 15.9. The van der Waals surface area contributed by atoms with Crippen LogP contribution in [0.15, 0.2) is 73.3 Å². The molecule has 0 radical (unpaired) electrons. The summed E-state index contributed by atoms with van der Waals surface area (Å²) in [5.41, 5.74) is 5.52. The fourth-order valence-corrected chi connectivity index (χ4v) is 5.82. The number of nitrogens with zero attached hydrogens (tertiary/aromatic N) is 5. The van der Waals surface area contributed by atoms with Gasteiger partial charge in [0.25, 0.3) is 0 Å². The third-order valence-electron chi connectivity index (χ3n) is 8.50. The highest BCUT2D eigenvalue weighted by atomic mass is 19.1. The molecule has 1 fully saturated rings. The predicted molar refractivity (Wildman–Crippen MR) is 177 cm³/mol. The maximum atomic E-state index is 13.3. The molecule has 0 amide bonds. The van der Waals surface area contributed by atoms with Gasteiger partial charge in [0.05, 0.1) is 11.9 Å². The van der Waals surface area contributed by atoms with Crippen molar-refractivity contribution in [3.05, 3.63) is 90.0 Å². The maximum absolute atomic E-state index is 13.3. The second-order valence-corrected chi connectivity index (χ2v) is 12.7. The number of hydrogen-bond acceptors (Lipinski definition) is 8. The summed E-state index contributed by atoms with van der Waals surface area (Å²) in [4.78, 5) is 26.4. The van der Waals surface area contributed by atoms with Gasteiger partial charge in [-0.05, 0) is 55.2 Å². The number of pyridine rings is 1. The van der Waals surface area contributed by atoms with Crippen LogP contribution in [0.2, 0.25) is 0 Å². The Morgan fingerprint density at radius 1 is 1.18 bits per heavy atom. The molecule has 1 unspecified atom stereocenters. The summed E-state index contributed by atoms with van der Waals surface area (Å²) in [7, 11) is 0. The summed E-state index contributed by atoms with van der Waals surface area (Å²) in [5, 5.41) is 17.2. The Morgan fingerprint density at radius 2 is 2.00 bits per heavy atom. The molecule has 0 bridgehead atoms. The van der Waals surface area contributed by atoms with E-state index in [-0.39, 0.29) is 23.9 Å². The summed E-state index contributed by atoms with van der Waals surface area (Å²) < 4.78 is 15.1. The van der Waals surface area contributed by atoms with E-state index in [1.807, 2.05) is 48.7 Å². The monoisotopic (exact) mass is 606 g/mol. The van der Waals surface area contributed by atoms with Crippen LogP contribution >= 0.6 is 0 Å². The lowest BCUT2D eigenvalue weighted by molar-refractivity contribution is -0.116. The number of hydrogen-bond donors (Lipinski definition) is 3. The molecule has 232 valence electrons. The molecular formula is C35H39FN8O. The molecular weight excluding hydrogens is 567 g/mol. The first-order valence-corrected chi connectivity index (χ1v) is 15.4. The van der Waals surface area contributed by atoms with Crippen LogP contribution in [0.5, 0.6) is 0 Å². The highest BCUT2D eigenvalue weighted by molar-refractivity contribution is 5.98. The Balaban J connectivity index is 1.30. The second kappa shape index (κ2) is 12.4. The number of aromatic nitrogens is 5. The van der Waals surface area contributed by atoms with Crippen molar-refractivity contribution in [3.8, 4) is 11.3 Å². The van der Waals surface area contributed by atoms with E-state index < -0.39 is 11.6 Å². The quantitative estimate of drug-likeness (QED) is 0.152. The van der Waals surface area contributed by atoms with Crippen LogP contribution in [-0.4, -0.2) is 48.5 Å². The number of nitrogens with one attached hydrogen (secondary N) is 3. The topological polar surface area (TPSA) is 109 Å². The smallest absolute Gasteiger partial charge is 0.229 e. The van der Waals surface area contributed by atoms with Crippen molar-refractivity contribution in [1.82, 2.24) is 29.9 Å². The second-order valence-electron chi connectivity index (χ2n) is 12.7. The Kier molecular flexibility index (Phi) is 8.33. The van der Waals surface area contributed by atoms with Crippen molar-refractivity contribution in [1.29, 1.82) is 0 Å². The summed E-state index contributed by atoms with van der Waals surface area (Å²) in [6.45, 7) is 13.2. The average Bonchev–Trinajstić information content (AvgIpc) is 3.45. The molecule has 3 aromatic heterocycles. The molecule has 1 aliphatic rings. The minimum atomic E-state index is -0.929. The van der Waals surface area contributed by atoms with Gasteiger partial charge in [-0.15, -0.1) is 0 Å². The molecule has 6 rings (SSSR count). The number of carbonyl (C=O) groups is 1. The van der Waals surface area contributed by atoms with Crippen molar-refractivity contribution >= 4 is 34.1 Å². The van der Waals surface area contributed by atoms with Crippen LogP contribution in [0.3, 0.4) is 0 Å². The van der Waals surface area contributed by atoms with Gasteiger partial charge in [0, 0.05) is 53.8 Å². The van der Waals surface area contributed by atoms with E-state index >= 15 is 0 Å². The lowest BCUT2D eigenvalue weighted by Crippen LogP contribution is -2.50. The molecule has 0 saturated carbocycles. The minimum Gasteiger partial charge on any atom is -0.350 e. The molecule has 0 spiro atoms. The normalized spacial score (nSPS) is 16.3. The molecule has 1 atom stereocenters. The maximum Gasteiger partial charge on any atom is 0.229 e. The zero-order valence-corrected chi connectivity index (χ0v) is 26.2. The number of benzene rings is 2. The van der Waals surface area contributed by atoms with Crippen LogP contribution in [-0.2, 0) is 17.8 Å². The van der Waals surface area contributed by atoms with Gasteiger partial charge in [-0.1, -0.05) is 62.9 Å². The first-order valence-electron chi connectivity index (χ1n) is 15.4. The molecule has 2 aromatic carbocycles. The molecule has 10 heteroatoms. The predicted octanol–water partition coefficient (Wildman–Crippen LogP) is 6.61. The van der Waals surface area contributed by atoms with E-state index in [2.05, 4.69) is 61.4 Å². The van der Waals surface area contributed by atoms with Gasteiger partial charge in [0.2, 0.25) is 11.9 Å². The summed E-state index contributed by atoms with van der Waals surface area (Å²) >= 11 is 0. The third-order valence-corrected chi connectivity index (χ3v) is 8.50. The Morgan fingerprint density at radius 3 is 2.76 bits per heavy atom. The Bertz CT molecular complexity index is 1890. The SMILES string of the molecule is C=C(F)C(=O)Cc1ccc2c(-c3ccccc3CNc3nc(NC4CCC(C)(C)NC4)nc4c(C(C)C)cnn34)nccc2c1. The van der Waals surface area contributed by atoms with Crippen molar-refractivity contribution in [3.63, 3.8) is 0 Å². The Hall–Kier alpha value is -4.70. The van der Waals surface area contributed by atoms with E-state index in [9.17, 15) is 9.18 Å². The first-order chi connectivity index (χ1) is 21.6. The number of rotatable bonds is 10. The van der Waals surface area contributed by atoms with E-state index in [1.165, 1.54) is 0 Å². The van der Waals surface area contributed by atoms with Crippen LogP contribution in [0.1, 0.15) is 63.1 Å². The standard InChI is InChI=1S/C35H39FN8O/c1-21(2)29-20-40-44-32(29)42-33(41-26-12-14-35(4,5)39-19-26)43-34(44)38-18-25-8-6-7-9-27(25)31-28-11-10-23(17-30(45)22(3)36)16-24(28)13-15-37-31/h6-11,13,15-16,20-21,26,39H,3,12,14,17-19H2,1-2,4-5H3,(H2,38,41,42,43). The van der Waals surface area contributed by atoms with Crippen molar-refractivity contribution in [2.75, 3.05) is 17.2 Å². The van der Waals surface area contributed by atoms with E-state index in [0.29, 0.717) is 18.4 Å². The molecule has 3 N–H and O–H groups in total. The molecule has 5 aromatic rings. The fourth-order valence-electron chi connectivity index (χ4n) is 5.82. The number of anilines is 2. The third kappa shape index (κ3) is 6.56. The summed E-state index contributed by atoms with van der Waals surface area (Å²) in [5.74, 6) is -0.116. The Labute approximate surface area is 262 Å². The summed E-state index contributed by atoms with van der Waals surface area (Å²) in [6.07, 6.45) is 5.68. The number of ketones is 1. The zero-order valence-electron chi connectivity index (χ0n) is 26.2. The average molecular weight is 607 g/mol. The van der Waals surface area contributed by atoms with Gasteiger partial charge >= 0.3 is 0 Å². The highest BCUT2D eigenvalue weighted by Gasteiger charge is 2.27. The van der Waals surface area contributed by atoms with Gasteiger partial charge in [-0.25, -0.2) is 4.39 Å². The number of Topliss-reactive ketones (excluding diaryl/α,β-unsaturated/α-hetero) is 1. The van der Waals surface area contributed by atoms with Gasteiger partial charge in [-0.3, -0.25) is 9.78 Å². The largest absolute Gasteiger partial charge is 0.350 e. The molecule has 4 heterocycles. The van der Waals surface area contributed by atoms with Crippen LogP contribution in [0.25, 0.3) is 27.7 Å². The van der Waals surface area contributed by atoms with Gasteiger partial charge < -0.3 is 16.0 Å². The number of piperidine rings is 1. The van der Waals surface area contributed by atoms with Gasteiger partial charge in [0.1, 0.15) is 0 Å². The van der Waals surface area contributed by atoms with Crippen LogP contribution < -0.4 is 16.0 Å². The molecule has 0 aliphatic carbocycles. The fraction of sp³-hybridized carbons (Fsp3) is 0.343. The number of allylic oxidation sites excluding steroid dienone is 1. The number of fused-ring (bicyclic) bond motifs is 2. The van der Waals surface area contributed by atoms with E-state index in [1.54, 1.807) is 10.7 Å². The van der Waals surface area contributed by atoms with Crippen LogP contribution in [0.4, 0.5) is 16.3 Å². The highest BCUT2D eigenvalue weighted by Crippen LogP contribution is 2.31. The number of halogens is 1.